The third-order valence-electron chi connectivity index (χ3n) is 2.16. The van der Waals surface area contributed by atoms with Gasteiger partial charge in [0.1, 0.15) is 11.3 Å². The van der Waals surface area contributed by atoms with E-state index in [2.05, 4.69) is 18.8 Å². The first kappa shape index (κ1) is 12.7. The van der Waals surface area contributed by atoms with Crippen LogP contribution < -0.4 is 4.74 Å². The van der Waals surface area contributed by atoms with Crippen LogP contribution in [0.25, 0.3) is 0 Å². The number of hydrogen-bond acceptors (Lipinski definition) is 2. The molecule has 1 rings (SSSR count). The maximum atomic E-state index is 9.66. The summed E-state index contributed by atoms with van der Waals surface area (Å²) >= 11 is 5.94. The highest BCUT2D eigenvalue weighted by Crippen LogP contribution is 2.33. The van der Waals surface area contributed by atoms with E-state index in [1.54, 1.807) is 6.07 Å². The van der Waals surface area contributed by atoms with E-state index in [-0.39, 0.29) is 5.75 Å². The molecule has 1 N–H and O–H groups in total. The molecule has 0 atom stereocenters. The van der Waals surface area contributed by atoms with Crippen LogP contribution in [0.15, 0.2) is 12.1 Å². The van der Waals surface area contributed by atoms with E-state index in [1.165, 1.54) is 13.2 Å². The summed E-state index contributed by atoms with van der Waals surface area (Å²) in [7, 11) is 1.51. The van der Waals surface area contributed by atoms with Crippen molar-refractivity contribution in [3.63, 3.8) is 0 Å². The van der Waals surface area contributed by atoms with Crippen LogP contribution in [0, 0.1) is 11.8 Å². The van der Waals surface area contributed by atoms with Gasteiger partial charge in [0.25, 0.3) is 0 Å². The molecule has 0 radical (unpaired) electrons. The molecule has 86 valence electrons. The first-order chi connectivity index (χ1) is 7.70. The second kappa shape index (κ2) is 6.30. The van der Waals surface area contributed by atoms with Crippen molar-refractivity contribution in [1.82, 2.24) is 0 Å². The molecule has 0 aliphatic heterocycles. The average Bonchev–Trinajstić information content (AvgIpc) is 2.29. The minimum atomic E-state index is 0.102. The summed E-state index contributed by atoms with van der Waals surface area (Å²) in [5.74, 6) is 6.43. The molecular formula is C13H15ClO2. The quantitative estimate of drug-likeness (QED) is 0.644. The van der Waals surface area contributed by atoms with Crippen LogP contribution >= 0.6 is 11.6 Å². The van der Waals surface area contributed by atoms with Gasteiger partial charge in [-0.15, -0.1) is 0 Å². The maximum absolute atomic E-state index is 9.66. The lowest BCUT2D eigenvalue weighted by Crippen LogP contribution is -1.89. The molecule has 2 nitrogen and oxygen atoms in total. The Morgan fingerprint density at radius 3 is 2.81 bits per heavy atom. The fourth-order valence-corrected chi connectivity index (χ4v) is 1.52. The molecule has 0 amide bonds. The van der Waals surface area contributed by atoms with Gasteiger partial charge in [-0.1, -0.05) is 36.8 Å². The van der Waals surface area contributed by atoms with E-state index >= 15 is 0 Å². The van der Waals surface area contributed by atoms with Crippen LogP contribution in [-0.4, -0.2) is 12.2 Å². The Hall–Kier alpha value is -1.33. The lowest BCUT2D eigenvalue weighted by molar-refractivity contribution is 0.406. The van der Waals surface area contributed by atoms with E-state index in [9.17, 15) is 5.11 Å². The largest absolute Gasteiger partial charge is 0.506 e. The summed E-state index contributed by atoms with van der Waals surface area (Å²) in [5, 5.41) is 10.1. The van der Waals surface area contributed by atoms with Crippen LogP contribution in [0.1, 0.15) is 31.7 Å². The smallest absolute Gasteiger partial charge is 0.156 e. The number of hydrogen-bond donors (Lipinski definition) is 1. The first-order valence-corrected chi connectivity index (χ1v) is 5.62. The number of ether oxygens (including phenoxy) is 1. The number of benzene rings is 1. The molecule has 0 saturated heterocycles. The molecule has 0 aromatic heterocycles. The predicted octanol–water partition coefficient (Wildman–Crippen LogP) is 3.60. The van der Waals surface area contributed by atoms with Gasteiger partial charge in [-0.3, -0.25) is 0 Å². The minimum absolute atomic E-state index is 0.102. The third kappa shape index (κ3) is 3.08. The Labute approximate surface area is 101 Å². The highest BCUT2D eigenvalue weighted by Gasteiger charge is 2.10. The van der Waals surface area contributed by atoms with Crippen LogP contribution in [0.5, 0.6) is 11.5 Å². The van der Waals surface area contributed by atoms with E-state index in [1.807, 2.05) is 0 Å². The molecule has 0 unspecified atom stereocenters. The lowest BCUT2D eigenvalue weighted by Gasteiger charge is -2.06. The molecule has 1 aromatic rings. The SMILES string of the molecule is CCCCC#Cc1c(O)ccc(Cl)c1OC. The Morgan fingerprint density at radius 2 is 2.19 bits per heavy atom. The Bertz CT molecular complexity index is 416. The minimum Gasteiger partial charge on any atom is -0.506 e. The number of phenolic OH excluding ortho intramolecular Hbond substituents is 1. The Balaban J connectivity index is 3.00. The first-order valence-electron chi connectivity index (χ1n) is 5.25. The molecule has 0 fully saturated rings. The van der Waals surface area contributed by atoms with Crippen molar-refractivity contribution < 1.29 is 9.84 Å². The summed E-state index contributed by atoms with van der Waals surface area (Å²) in [6.07, 6.45) is 2.97. The highest BCUT2D eigenvalue weighted by atomic mass is 35.5. The van der Waals surface area contributed by atoms with E-state index in [0.717, 1.165) is 19.3 Å². The Morgan fingerprint density at radius 1 is 1.44 bits per heavy atom. The molecule has 0 saturated carbocycles. The lowest BCUT2D eigenvalue weighted by atomic mass is 10.1. The zero-order valence-electron chi connectivity index (χ0n) is 9.51. The highest BCUT2D eigenvalue weighted by molar-refractivity contribution is 6.32. The van der Waals surface area contributed by atoms with Crippen molar-refractivity contribution in [2.45, 2.75) is 26.2 Å². The van der Waals surface area contributed by atoms with Crippen LogP contribution in [0.3, 0.4) is 0 Å². The van der Waals surface area contributed by atoms with Gasteiger partial charge < -0.3 is 9.84 Å². The topological polar surface area (TPSA) is 29.5 Å². The van der Waals surface area contributed by atoms with Gasteiger partial charge in [0.15, 0.2) is 5.75 Å². The van der Waals surface area contributed by atoms with Crippen LogP contribution in [0.2, 0.25) is 5.02 Å². The van der Waals surface area contributed by atoms with Crippen molar-refractivity contribution in [3.8, 4) is 23.3 Å². The Kier molecular flexibility index (Phi) is 5.01. The van der Waals surface area contributed by atoms with Crippen molar-refractivity contribution in [2.24, 2.45) is 0 Å². The fourth-order valence-electron chi connectivity index (χ4n) is 1.28. The van der Waals surface area contributed by atoms with E-state index < -0.39 is 0 Å². The number of unbranched alkanes of at least 4 members (excludes halogenated alkanes) is 2. The summed E-state index contributed by atoms with van der Waals surface area (Å²) < 4.78 is 5.12. The molecule has 0 aliphatic carbocycles. The molecular weight excluding hydrogens is 224 g/mol. The number of halogens is 1. The summed E-state index contributed by atoms with van der Waals surface area (Å²) in [5.41, 5.74) is 0.464. The van der Waals surface area contributed by atoms with E-state index in [0.29, 0.717) is 16.3 Å². The molecule has 0 aliphatic rings. The normalized spacial score (nSPS) is 9.44. The number of aromatic hydroxyl groups is 1. The van der Waals surface area contributed by atoms with Gasteiger partial charge >= 0.3 is 0 Å². The molecule has 16 heavy (non-hydrogen) atoms. The zero-order valence-corrected chi connectivity index (χ0v) is 10.3. The number of methoxy groups -OCH3 is 1. The zero-order chi connectivity index (χ0) is 12.0. The number of phenols is 1. The average molecular weight is 239 g/mol. The van der Waals surface area contributed by atoms with E-state index in [4.69, 9.17) is 16.3 Å². The van der Waals surface area contributed by atoms with Gasteiger partial charge in [0, 0.05) is 6.42 Å². The standard InChI is InChI=1S/C13H15ClO2/c1-3-4-5-6-7-10-12(15)9-8-11(14)13(10)16-2/h8-9,15H,3-5H2,1-2H3. The molecule has 0 heterocycles. The van der Waals surface area contributed by atoms with Crippen molar-refractivity contribution >= 4 is 11.6 Å². The molecule has 3 heteroatoms. The predicted molar refractivity (Wildman–Crippen MR) is 66.1 cm³/mol. The monoisotopic (exact) mass is 238 g/mol. The van der Waals surface area contributed by atoms with Crippen molar-refractivity contribution in [2.75, 3.05) is 7.11 Å². The van der Waals surface area contributed by atoms with Crippen molar-refractivity contribution in [1.29, 1.82) is 0 Å². The second-order valence-electron chi connectivity index (χ2n) is 3.38. The van der Waals surface area contributed by atoms with Gasteiger partial charge in [-0.2, -0.15) is 0 Å². The maximum Gasteiger partial charge on any atom is 0.156 e. The molecule has 1 aromatic carbocycles. The molecule has 0 spiro atoms. The molecule has 0 bridgehead atoms. The van der Waals surface area contributed by atoms with Gasteiger partial charge in [0.05, 0.1) is 12.1 Å². The number of rotatable bonds is 3. The van der Waals surface area contributed by atoms with Crippen molar-refractivity contribution in [3.05, 3.63) is 22.7 Å². The third-order valence-corrected chi connectivity index (χ3v) is 2.46. The summed E-state index contributed by atoms with van der Waals surface area (Å²) in [6, 6.07) is 3.11. The van der Waals surface area contributed by atoms with Gasteiger partial charge in [0.2, 0.25) is 0 Å². The van der Waals surface area contributed by atoms with Crippen LogP contribution in [-0.2, 0) is 0 Å². The fraction of sp³-hybridized carbons (Fsp3) is 0.385. The second-order valence-corrected chi connectivity index (χ2v) is 3.79. The van der Waals surface area contributed by atoms with Gasteiger partial charge in [-0.25, -0.2) is 0 Å². The summed E-state index contributed by atoms with van der Waals surface area (Å²) in [6.45, 7) is 2.11. The summed E-state index contributed by atoms with van der Waals surface area (Å²) in [4.78, 5) is 0. The van der Waals surface area contributed by atoms with Gasteiger partial charge in [-0.05, 0) is 18.6 Å². The van der Waals surface area contributed by atoms with Crippen LogP contribution in [0.4, 0.5) is 0 Å².